The molecule has 2 aromatic carbocycles. The van der Waals surface area contributed by atoms with Crippen molar-refractivity contribution < 1.29 is 27.4 Å². The molecule has 176 valence electrons. The predicted octanol–water partition coefficient (Wildman–Crippen LogP) is 3.08. The van der Waals surface area contributed by atoms with Crippen molar-refractivity contribution in [3.8, 4) is 34.4 Å². The molecular weight excluding hydrogens is 474 g/mol. The van der Waals surface area contributed by atoms with Crippen LogP contribution in [-0.4, -0.2) is 39.2 Å². The number of H-pyrrole nitrogens is 1. The Hall–Kier alpha value is -3.12. The first-order valence-electron chi connectivity index (χ1n) is 9.61. The van der Waals surface area contributed by atoms with Gasteiger partial charge in [-0.05, 0) is 31.2 Å². The summed E-state index contributed by atoms with van der Waals surface area (Å²) in [6.45, 7) is 2.18. The highest BCUT2D eigenvalue weighted by atomic mass is 35.5. The van der Waals surface area contributed by atoms with E-state index in [0.29, 0.717) is 22.9 Å². The van der Waals surface area contributed by atoms with E-state index in [4.69, 9.17) is 35.7 Å². The van der Waals surface area contributed by atoms with Crippen molar-refractivity contribution in [3.05, 3.63) is 57.5 Å². The van der Waals surface area contributed by atoms with Gasteiger partial charge in [0, 0.05) is 24.3 Å². The summed E-state index contributed by atoms with van der Waals surface area (Å²) < 4.78 is 46.5. The van der Waals surface area contributed by atoms with E-state index in [1.165, 1.54) is 32.4 Å². The lowest BCUT2D eigenvalue weighted by atomic mass is 10.1. The zero-order valence-electron chi connectivity index (χ0n) is 18.0. The van der Waals surface area contributed by atoms with Gasteiger partial charge in [-0.3, -0.25) is 0 Å². The van der Waals surface area contributed by atoms with Crippen molar-refractivity contribution >= 4 is 21.6 Å². The number of nitrogens with one attached hydrogen (secondary N) is 1. The molecule has 3 N–H and O–H groups in total. The fourth-order valence-electron chi connectivity index (χ4n) is 3.04. The van der Waals surface area contributed by atoms with Gasteiger partial charge >= 0.3 is 5.69 Å². The Balaban J connectivity index is 2.17. The van der Waals surface area contributed by atoms with E-state index >= 15 is 0 Å². The number of methoxy groups -OCH3 is 2. The van der Waals surface area contributed by atoms with Gasteiger partial charge in [0.05, 0.1) is 42.0 Å². The van der Waals surface area contributed by atoms with E-state index in [-0.39, 0.29) is 40.1 Å². The number of aromatic nitrogens is 2. The van der Waals surface area contributed by atoms with Gasteiger partial charge in [-0.25, -0.2) is 18.4 Å². The first-order valence-corrected chi connectivity index (χ1v) is 11.5. The summed E-state index contributed by atoms with van der Waals surface area (Å²) in [6, 6.07) is 8.98. The molecule has 0 fully saturated rings. The van der Waals surface area contributed by atoms with E-state index < -0.39 is 15.7 Å². The summed E-state index contributed by atoms with van der Waals surface area (Å²) in [6.07, 6.45) is 0. The van der Waals surface area contributed by atoms with E-state index in [0.717, 1.165) is 0 Å². The van der Waals surface area contributed by atoms with E-state index in [2.05, 4.69) is 9.97 Å². The Labute approximate surface area is 195 Å². The maximum Gasteiger partial charge on any atom is 0.348 e. The molecule has 0 saturated carbocycles. The van der Waals surface area contributed by atoms with Crippen LogP contribution in [0.25, 0.3) is 11.3 Å². The first-order chi connectivity index (χ1) is 15.7. The SMILES string of the molecule is CCOCc1c(OC)nc(=O)[nH]c1-c1ccc(Oc2cc(OC)ccc2Cl)cc1S(N)(=O)=O. The van der Waals surface area contributed by atoms with Crippen LogP contribution in [0.4, 0.5) is 0 Å². The van der Waals surface area contributed by atoms with Crippen molar-refractivity contribution in [2.24, 2.45) is 5.14 Å². The molecule has 0 aliphatic carbocycles. The quantitative estimate of drug-likeness (QED) is 0.461. The molecule has 33 heavy (non-hydrogen) atoms. The standard InChI is InChI=1S/C21H22ClN3O7S/c1-4-31-11-15-19(24-21(26)25-20(15)30-3)14-7-5-13(10-18(14)33(23,27)28)32-17-9-12(29-2)6-8-16(17)22/h5-10H,4,11H2,1-3H3,(H2,23,27,28)(H,24,25,26). The van der Waals surface area contributed by atoms with Crippen LogP contribution >= 0.6 is 11.6 Å². The zero-order valence-corrected chi connectivity index (χ0v) is 19.6. The molecule has 0 amide bonds. The topological polar surface area (TPSA) is 143 Å². The van der Waals surface area contributed by atoms with E-state index in [1.54, 1.807) is 25.1 Å². The highest BCUT2D eigenvalue weighted by molar-refractivity contribution is 7.89. The third-order valence-electron chi connectivity index (χ3n) is 4.53. The molecule has 0 saturated heterocycles. The van der Waals surface area contributed by atoms with Crippen LogP contribution in [0.5, 0.6) is 23.1 Å². The number of nitrogens with zero attached hydrogens (tertiary/aromatic N) is 1. The van der Waals surface area contributed by atoms with Crippen LogP contribution in [0.15, 0.2) is 46.1 Å². The first kappa shape index (κ1) is 24.5. The normalized spacial score (nSPS) is 11.3. The third-order valence-corrected chi connectivity index (χ3v) is 5.80. The Kier molecular flexibility index (Phi) is 7.59. The van der Waals surface area contributed by atoms with Crippen molar-refractivity contribution in [3.63, 3.8) is 0 Å². The minimum Gasteiger partial charge on any atom is -0.497 e. The van der Waals surface area contributed by atoms with Crippen LogP contribution in [-0.2, 0) is 21.4 Å². The molecule has 0 radical (unpaired) electrons. The number of ether oxygens (including phenoxy) is 4. The number of hydrogen-bond donors (Lipinski definition) is 2. The molecule has 10 nitrogen and oxygen atoms in total. The molecule has 1 heterocycles. The molecule has 0 unspecified atom stereocenters. The van der Waals surface area contributed by atoms with Gasteiger partial charge in [-0.15, -0.1) is 0 Å². The Morgan fingerprint density at radius 3 is 2.45 bits per heavy atom. The van der Waals surface area contributed by atoms with E-state index in [1.807, 2.05) is 0 Å². The van der Waals surface area contributed by atoms with Gasteiger partial charge in [0.2, 0.25) is 15.9 Å². The molecule has 12 heteroatoms. The monoisotopic (exact) mass is 495 g/mol. The van der Waals surface area contributed by atoms with Crippen LogP contribution in [0.3, 0.4) is 0 Å². The summed E-state index contributed by atoms with van der Waals surface area (Å²) in [5.41, 5.74) is -0.108. The fraction of sp³-hybridized carbons (Fsp3) is 0.238. The molecule has 3 rings (SSSR count). The van der Waals surface area contributed by atoms with Gasteiger partial charge in [0.1, 0.15) is 17.2 Å². The van der Waals surface area contributed by atoms with Crippen molar-refractivity contribution in [2.45, 2.75) is 18.4 Å². The number of benzene rings is 2. The van der Waals surface area contributed by atoms with Crippen molar-refractivity contribution in [2.75, 3.05) is 20.8 Å². The summed E-state index contributed by atoms with van der Waals surface area (Å²) in [4.78, 5) is 18.2. The molecular formula is C21H22ClN3O7S. The zero-order chi connectivity index (χ0) is 24.2. The third kappa shape index (κ3) is 5.63. The van der Waals surface area contributed by atoms with Gasteiger partial charge < -0.3 is 23.9 Å². The molecule has 0 atom stereocenters. The summed E-state index contributed by atoms with van der Waals surface area (Å²) in [5, 5.41) is 5.78. The van der Waals surface area contributed by atoms with Crippen LogP contribution < -0.4 is 25.0 Å². The predicted molar refractivity (Wildman–Crippen MR) is 122 cm³/mol. The number of aromatic amines is 1. The lowest BCUT2D eigenvalue weighted by molar-refractivity contribution is 0.131. The number of rotatable bonds is 9. The Bertz CT molecular complexity index is 1330. The summed E-state index contributed by atoms with van der Waals surface area (Å²) >= 11 is 6.18. The van der Waals surface area contributed by atoms with Crippen LogP contribution in [0, 0.1) is 0 Å². The average Bonchev–Trinajstić information content (AvgIpc) is 2.78. The van der Waals surface area contributed by atoms with Gasteiger partial charge in [0.15, 0.2) is 0 Å². The van der Waals surface area contributed by atoms with Crippen LogP contribution in [0.1, 0.15) is 12.5 Å². The van der Waals surface area contributed by atoms with Gasteiger partial charge in [0.25, 0.3) is 0 Å². The second-order valence-electron chi connectivity index (χ2n) is 6.64. The van der Waals surface area contributed by atoms with E-state index in [9.17, 15) is 13.2 Å². The highest BCUT2D eigenvalue weighted by Gasteiger charge is 2.23. The smallest absolute Gasteiger partial charge is 0.348 e. The minimum atomic E-state index is -4.25. The van der Waals surface area contributed by atoms with Crippen molar-refractivity contribution in [1.29, 1.82) is 0 Å². The highest BCUT2D eigenvalue weighted by Crippen LogP contribution is 2.37. The van der Waals surface area contributed by atoms with Gasteiger partial charge in [-0.1, -0.05) is 11.6 Å². The average molecular weight is 496 g/mol. The molecule has 0 aliphatic rings. The largest absolute Gasteiger partial charge is 0.497 e. The number of sulfonamides is 1. The number of primary sulfonamides is 1. The minimum absolute atomic E-state index is 0.00561. The maximum atomic E-state index is 12.5. The molecule has 0 aliphatic heterocycles. The van der Waals surface area contributed by atoms with Crippen molar-refractivity contribution in [1.82, 2.24) is 9.97 Å². The molecule has 0 spiro atoms. The lowest BCUT2D eigenvalue weighted by Gasteiger charge is -2.16. The Morgan fingerprint density at radius 1 is 1.09 bits per heavy atom. The molecule has 1 aromatic heterocycles. The summed E-state index contributed by atoms with van der Waals surface area (Å²) in [5.74, 6) is 0.901. The summed E-state index contributed by atoms with van der Waals surface area (Å²) in [7, 11) is -1.42. The second-order valence-corrected chi connectivity index (χ2v) is 8.58. The number of hydrogen-bond acceptors (Lipinski definition) is 8. The second kappa shape index (κ2) is 10.2. The fourth-order valence-corrected chi connectivity index (χ4v) is 3.95. The lowest BCUT2D eigenvalue weighted by Crippen LogP contribution is -2.18. The van der Waals surface area contributed by atoms with Crippen LogP contribution in [0.2, 0.25) is 5.02 Å². The maximum absolute atomic E-state index is 12.5. The molecule has 3 aromatic rings. The Morgan fingerprint density at radius 2 is 1.82 bits per heavy atom. The molecule has 0 bridgehead atoms. The van der Waals surface area contributed by atoms with Gasteiger partial charge in [-0.2, -0.15) is 4.98 Å². The number of halogens is 1. The number of nitrogens with two attached hydrogens (primary N) is 1.